The van der Waals surface area contributed by atoms with Crippen LogP contribution in [0.4, 0.5) is 17.3 Å². The van der Waals surface area contributed by atoms with Crippen molar-refractivity contribution in [2.45, 2.75) is 6.42 Å². The Morgan fingerprint density at radius 2 is 2.04 bits per heavy atom. The van der Waals surface area contributed by atoms with Crippen LogP contribution >= 0.6 is 0 Å². The van der Waals surface area contributed by atoms with Crippen LogP contribution in [0.25, 0.3) is 11.4 Å². The fourth-order valence-corrected chi connectivity index (χ4v) is 2.81. The van der Waals surface area contributed by atoms with Crippen molar-refractivity contribution in [3.8, 4) is 17.1 Å². The molecule has 1 aliphatic rings. The maximum absolute atomic E-state index is 5.38. The molecular formula is C18H17N5O. The van der Waals surface area contributed by atoms with Crippen LogP contribution in [0.2, 0.25) is 0 Å². The van der Waals surface area contributed by atoms with Gasteiger partial charge >= 0.3 is 0 Å². The minimum atomic E-state index is 0.504. The molecule has 0 radical (unpaired) electrons. The van der Waals surface area contributed by atoms with Crippen molar-refractivity contribution in [2.24, 2.45) is 0 Å². The summed E-state index contributed by atoms with van der Waals surface area (Å²) >= 11 is 0. The molecule has 1 aliphatic heterocycles. The Kier molecular flexibility index (Phi) is 3.70. The SMILES string of the molecule is COc1ccccc1-c1ncnc(Nc2ccc3c(c2)NCC3)n1. The zero-order chi connectivity index (χ0) is 16.4. The standard InChI is InChI=1S/C18H17N5O/c1-24-16-5-3-2-4-14(16)17-20-11-21-18(23-17)22-13-7-6-12-8-9-19-15(12)10-13/h2-7,10-11,19H,8-9H2,1H3,(H,20,21,22,23). The summed E-state index contributed by atoms with van der Waals surface area (Å²) in [5.41, 5.74) is 4.28. The smallest absolute Gasteiger partial charge is 0.230 e. The third-order valence-electron chi connectivity index (χ3n) is 4.00. The summed E-state index contributed by atoms with van der Waals surface area (Å²) in [5, 5.41) is 6.61. The number of aromatic nitrogens is 3. The molecule has 0 aliphatic carbocycles. The van der Waals surface area contributed by atoms with E-state index in [1.165, 1.54) is 17.6 Å². The predicted molar refractivity (Wildman–Crippen MR) is 93.7 cm³/mol. The summed E-state index contributed by atoms with van der Waals surface area (Å²) in [6, 6.07) is 13.9. The van der Waals surface area contributed by atoms with Crippen molar-refractivity contribution in [2.75, 3.05) is 24.3 Å². The average Bonchev–Trinajstić information content (AvgIpc) is 3.10. The van der Waals surface area contributed by atoms with E-state index in [1.54, 1.807) is 7.11 Å². The summed E-state index contributed by atoms with van der Waals surface area (Å²) in [6.07, 6.45) is 2.57. The Hall–Kier alpha value is -3.15. The number of nitrogens with one attached hydrogen (secondary N) is 2. The molecule has 0 amide bonds. The average molecular weight is 319 g/mol. The molecule has 0 atom stereocenters. The molecule has 0 saturated heterocycles. The van der Waals surface area contributed by atoms with Gasteiger partial charge in [-0.2, -0.15) is 4.98 Å². The van der Waals surface area contributed by atoms with Gasteiger partial charge < -0.3 is 15.4 Å². The van der Waals surface area contributed by atoms with Crippen molar-refractivity contribution < 1.29 is 4.74 Å². The van der Waals surface area contributed by atoms with E-state index in [9.17, 15) is 0 Å². The van der Waals surface area contributed by atoms with Gasteiger partial charge in [0.05, 0.1) is 12.7 Å². The zero-order valence-corrected chi connectivity index (χ0v) is 13.3. The number of nitrogens with zero attached hydrogens (tertiary/aromatic N) is 3. The molecule has 0 fully saturated rings. The lowest BCUT2D eigenvalue weighted by Gasteiger charge is -2.09. The van der Waals surface area contributed by atoms with Crippen LogP contribution in [0.1, 0.15) is 5.56 Å². The number of fused-ring (bicyclic) bond motifs is 1. The van der Waals surface area contributed by atoms with Gasteiger partial charge in [0.2, 0.25) is 5.95 Å². The number of ether oxygens (including phenoxy) is 1. The summed E-state index contributed by atoms with van der Waals surface area (Å²) in [6.45, 7) is 0.989. The fourth-order valence-electron chi connectivity index (χ4n) is 2.81. The summed E-state index contributed by atoms with van der Waals surface area (Å²) < 4.78 is 5.38. The largest absolute Gasteiger partial charge is 0.496 e. The van der Waals surface area contributed by atoms with Crippen molar-refractivity contribution in [3.63, 3.8) is 0 Å². The van der Waals surface area contributed by atoms with Gasteiger partial charge in [-0.3, -0.25) is 0 Å². The van der Waals surface area contributed by atoms with Crippen LogP contribution in [-0.4, -0.2) is 28.6 Å². The molecule has 24 heavy (non-hydrogen) atoms. The lowest BCUT2D eigenvalue weighted by Crippen LogP contribution is -2.01. The highest BCUT2D eigenvalue weighted by Crippen LogP contribution is 2.29. The van der Waals surface area contributed by atoms with Gasteiger partial charge in [-0.05, 0) is 36.2 Å². The Morgan fingerprint density at radius 1 is 1.12 bits per heavy atom. The molecule has 120 valence electrons. The van der Waals surface area contributed by atoms with Gasteiger partial charge in [-0.1, -0.05) is 18.2 Å². The topological polar surface area (TPSA) is 72.0 Å². The van der Waals surface area contributed by atoms with Gasteiger partial charge in [0, 0.05) is 17.9 Å². The zero-order valence-electron chi connectivity index (χ0n) is 13.3. The molecule has 2 aromatic carbocycles. The van der Waals surface area contributed by atoms with Crippen LogP contribution in [0.3, 0.4) is 0 Å². The van der Waals surface area contributed by atoms with E-state index in [1.807, 2.05) is 30.3 Å². The van der Waals surface area contributed by atoms with Gasteiger partial charge in [-0.15, -0.1) is 0 Å². The van der Waals surface area contributed by atoms with Crippen molar-refractivity contribution in [3.05, 3.63) is 54.4 Å². The van der Waals surface area contributed by atoms with Crippen LogP contribution in [0.15, 0.2) is 48.8 Å². The highest BCUT2D eigenvalue weighted by molar-refractivity contribution is 5.68. The van der Waals surface area contributed by atoms with Crippen molar-refractivity contribution in [1.82, 2.24) is 15.0 Å². The molecule has 3 aromatic rings. The maximum Gasteiger partial charge on any atom is 0.230 e. The normalized spacial score (nSPS) is 12.4. The number of rotatable bonds is 4. The van der Waals surface area contributed by atoms with E-state index >= 15 is 0 Å². The predicted octanol–water partition coefficient (Wildman–Crippen LogP) is 3.26. The fraction of sp³-hybridized carbons (Fsp3) is 0.167. The summed E-state index contributed by atoms with van der Waals surface area (Å²) in [7, 11) is 1.64. The Morgan fingerprint density at radius 3 is 2.96 bits per heavy atom. The number of anilines is 3. The molecule has 0 bridgehead atoms. The molecule has 1 aromatic heterocycles. The third-order valence-corrected chi connectivity index (χ3v) is 4.00. The van der Waals surface area contributed by atoms with Gasteiger partial charge in [0.25, 0.3) is 0 Å². The van der Waals surface area contributed by atoms with E-state index in [2.05, 4.69) is 37.7 Å². The van der Waals surface area contributed by atoms with E-state index in [0.29, 0.717) is 11.8 Å². The van der Waals surface area contributed by atoms with Crippen LogP contribution < -0.4 is 15.4 Å². The number of benzene rings is 2. The monoisotopic (exact) mass is 319 g/mol. The van der Waals surface area contributed by atoms with E-state index in [4.69, 9.17) is 4.74 Å². The first-order valence-electron chi connectivity index (χ1n) is 7.80. The molecular weight excluding hydrogens is 302 g/mol. The van der Waals surface area contributed by atoms with Crippen LogP contribution in [0.5, 0.6) is 5.75 Å². The maximum atomic E-state index is 5.38. The van der Waals surface area contributed by atoms with Crippen LogP contribution in [-0.2, 0) is 6.42 Å². The molecule has 6 heteroatoms. The minimum absolute atomic E-state index is 0.504. The Balaban J connectivity index is 1.63. The second-order valence-electron chi connectivity index (χ2n) is 5.51. The van der Waals surface area contributed by atoms with Crippen molar-refractivity contribution >= 4 is 17.3 Å². The van der Waals surface area contributed by atoms with Crippen molar-refractivity contribution in [1.29, 1.82) is 0 Å². The number of para-hydroxylation sites is 1. The third kappa shape index (κ3) is 2.74. The molecule has 6 nitrogen and oxygen atoms in total. The Bertz CT molecular complexity index is 881. The first kappa shape index (κ1) is 14.4. The number of methoxy groups -OCH3 is 1. The minimum Gasteiger partial charge on any atom is -0.496 e. The van der Waals surface area contributed by atoms with E-state index in [-0.39, 0.29) is 0 Å². The highest BCUT2D eigenvalue weighted by Gasteiger charge is 2.12. The quantitative estimate of drug-likeness (QED) is 0.769. The van der Waals surface area contributed by atoms with Gasteiger partial charge in [0.1, 0.15) is 12.1 Å². The first-order chi connectivity index (χ1) is 11.8. The molecule has 2 heterocycles. The second kappa shape index (κ2) is 6.16. The highest BCUT2D eigenvalue weighted by atomic mass is 16.5. The number of hydrogen-bond donors (Lipinski definition) is 2. The van der Waals surface area contributed by atoms with E-state index < -0.39 is 0 Å². The number of hydrogen-bond acceptors (Lipinski definition) is 6. The lowest BCUT2D eigenvalue weighted by atomic mass is 10.1. The van der Waals surface area contributed by atoms with Crippen LogP contribution in [0, 0.1) is 0 Å². The Labute approximate surface area is 140 Å². The molecule has 2 N–H and O–H groups in total. The first-order valence-corrected chi connectivity index (χ1v) is 7.80. The molecule has 4 rings (SSSR count). The van der Waals surface area contributed by atoms with E-state index in [0.717, 1.165) is 30.0 Å². The molecule has 0 spiro atoms. The lowest BCUT2D eigenvalue weighted by molar-refractivity contribution is 0.416. The molecule has 0 saturated carbocycles. The van der Waals surface area contributed by atoms with Gasteiger partial charge in [-0.25, -0.2) is 9.97 Å². The second-order valence-corrected chi connectivity index (χ2v) is 5.51. The van der Waals surface area contributed by atoms with Gasteiger partial charge in [0.15, 0.2) is 5.82 Å². The summed E-state index contributed by atoms with van der Waals surface area (Å²) in [4.78, 5) is 13.0. The molecule has 0 unspecified atom stereocenters. The summed E-state index contributed by atoms with van der Waals surface area (Å²) in [5.74, 6) is 1.81.